The Kier molecular flexibility index (Phi) is 3.93. The summed E-state index contributed by atoms with van der Waals surface area (Å²) < 4.78 is 2.12. The third-order valence-electron chi connectivity index (χ3n) is 4.02. The third kappa shape index (κ3) is 2.87. The van der Waals surface area contributed by atoms with Crippen LogP contribution in [0.25, 0.3) is 22.3 Å². The standard InChI is InChI=1S/C20H23N2/c1-14(2)11-16-9-10-17-13-22(4)20(21-19(17)12-16)18-8-6-5-7-15(18)3/h5-10,12-14H,11H2,1-4H3/q+1. The summed E-state index contributed by atoms with van der Waals surface area (Å²) in [6.45, 7) is 6.64. The van der Waals surface area contributed by atoms with Crippen molar-refractivity contribution < 1.29 is 4.57 Å². The SMILES string of the molecule is Cc1ccccc1-c1nc2cc(CC(C)C)ccc2c[n+]1C. The van der Waals surface area contributed by atoms with Crippen molar-refractivity contribution in [2.75, 3.05) is 0 Å². The lowest BCUT2D eigenvalue weighted by molar-refractivity contribution is -0.661. The molecule has 0 bridgehead atoms. The van der Waals surface area contributed by atoms with Gasteiger partial charge in [-0.05, 0) is 53.6 Å². The molecule has 0 aliphatic heterocycles. The minimum absolute atomic E-state index is 0.660. The molecule has 112 valence electrons. The molecule has 1 aromatic heterocycles. The van der Waals surface area contributed by atoms with Gasteiger partial charge < -0.3 is 0 Å². The molecule has 0 atom stereocenters. The number of aromatic nitrogens is 2. The van der Waals surface area contributed by atoms with Gasteiger partial charge in [0, 0.05) is 0 Å². The van der Waals surface area contributed by atoms with E-state index in [1.807, 2.05) is 0 Å². The molecule has 1 heterocycles. The highest BCUT2D eigenvalue weighted by Crippen LogP contribution is 2.21. The minimum Gasteiger partial charge on any atom is -0.232 e. The molecule has 22 heavy (non-hydrogen) atoms. The summed E-state index contributed by atoms with van der Waals surface area (Å²) in [7, 11) is 2.07. The molecule has 0 saturated carbocycles. The second kappa shape index (κ2) is 5.88. The molecule has 2 heteroatoms. The number of aryl methyl sites for hydroxylation is 2. The molecule has 0 amide bonds. The van der Waals surface area contributed by atoms with Gasteiger partial charge in [0.2, 0.25) is 0 Å². The fourth-order valence-electron chi connectivity index (χ4n) is 2.93. The van der Waals surface area contributed by atoms with Crippen molar-refractivity contribution in [1.29, 1.82) is 0 Å². The summed E-state index contributed by atoms with van der Waals surface area (Å²) >= 11 is 0. The molecule has 2 aromatic carbocycles. The highest BCUT2D eigenvalue weighted by atomic mass is 15.0. The van der Waals surface area contributed by atoms with Gasteiger partial charge in [0.05, 0.1) is 18.0 Å². The van der Waals surface area contributed by atoms with E-state index in [-0.39, 0.29) is 0 Å². The Bertz CT molecular complexity index is 819. The van der Waals surface area contributed by atoms with E-state index in [4.69, 9.17) is 4.98 Å². The lowest BCUT2D eigenvalue weighted by Crippen LogP contribution is -2.32. The zero-order valence-electron chi connectivity index (χ0n) is 13.8. The fraction of sp³-hybridized carbons (Fsp3) is 0.300. The lowest BCUT2D eigenvalue weighted by atomic mass is 10.0. The molecule has 0 N–H and O–H groups in total. The summed E-state index contributed by atoms with van der Waals surface area (Å²) in [5.41, 5.74) is 4.89. The van der Waals surface area contributed by atoms with Crippen molar-refractivity contribution >= 4 is 10.9 Å². The zero-order chi connectivity index (χ0) is 15.7. The number of hydrogen-bond donors (Lipinski definition) is 0. The van der Waals surface area contributed by atoms with E-state index in [0.717, 1.165) is 17.8 Å². The molecule has 3 rings (SSSR count). The molecular formula is C20H23N2+. The Morgan fingerprint density at radius 1 is 1.09 bits per heavy atom. The number of nitrogens with zero attached hydrogens (tertiary/aromatic N) is 2. The molecule has 0 fully saturated rings. The van der Waals surface area contributed by atoms with E-state index in [9.17, 15) is 0 Å². The van der Waals surface area contributed by atoms with Gasteiger partial charge in [-0.25, -0.2) is 4.57 Å². The first-order valence-electron chi connectivity index (χ1n) is 7.90. The van der Waals surface area contributed by atoms with Crippen LogP contribution in [0.3, 0.4) is 0 Å². The Morgan fingerprint density at radius 3 is 2.59 bits per heavy atom. The molecule has 0 saturated heterocycles. The lowest BCUT2D eigenvalue weighted by Gasteiger charge is -2.06. The van der Waals surface area contributed by atoms with Crippen LogP contribution in [0.1, 0.15) is 25.0 Å². The Labute approximate surface area is 132 Å². The minimum atomic E-state index is 0.660. The summed E-state index contributed by atoms with van der Waals surface area (Å²) in [6, 6.07) is 15.1. The topological polar surface area (TPSA) is 16.8 Å². The molecule has 0 spiro atoms. The number of hydrogen-bond acceptors (Lipinski definition) is 1. The van der Waals surface area contributed by atoms with Gasteiger partial charge in [-0.2, -0.15) is 0 Å². The number of rotatable bonds is 3. The van der Waals surface area contributed by atoms with E-state index in [1.54, 1.807) is 0 Å². The summed E-state index contributed by atoms with van der Waals surface area (Å²) in [5, 5.41) is 1.19. The van der Waals surface area contributed by atoms with Crippen molar-refractivity contribution in [1.82, 2.24) is 4.98 Å². The van der Waals surface area contributed by atoms with E-state index in [1.165, 1.54) is 22.1 Å². The van der Waals surface area contributed by atoms with Crippen molar-refractivity contribution in [2.45, 2.75) is 27.2 Å². The first-order valence-corrected chi connectivity index (χ1v) is 7.90. The molecule has 0 unspecified atom stereocenters. The summed E-state index contributed by atoms with van der Waals surface area (Å²) in [4.78, 5) is 4.94. The predicted octanol–water partition coefficient (Wildman–Crippen LogP) is 4.23. The third-order valence-corrected chi connectivity index (χ3v) is 4.02. The first-order chi connectivity index (χ1) is 10.5. The van der Waals surface area contributed by atoms with Gasteiger partial charge in [0.25, 0.3) is 0 Å². The van der Waals surface area contributed by atoms with Gasteiger partial charge in [-0.15, -0.1) is 0 Å². The van der Waals surface area contributed by atoms with Crippen LogP contribution in [0.5, 0.6) is 0 Å². The van der Waals surface area contributed by atoms with Crippen LogP contribution in [0, 0.1) is 12.8 Å². The largest absolute Gasteiger partial charge is 0.331 e. The molecule has 0 radical (unpaired) electrons. The van der Waals surface area contributed by atoms with Crippen LogP contribution in [-0.2, 0) is 13.5 Å². The summed E-state index contributed by atoms with van der Waals surface area (Å²) in [5.74, 6) is 1.68. The van der Waals surface area contributed by atoms with Crippen LogP contribution < -0.4 is 4.57 Å². The van der Waals surface area contributed by atoms with Gasteiger partial charge in [-0.3, -0.25) is 0 Å². The number of benzene rings is 2. The van der Waals surface area contributed by atoms with Crippen molar-refractivity contribution in [3.8, 4) is 11.4 Å². The Morgan fingerprint density at radius 2 is 1.86 bits per heavy atom. The van der Waals surface area contributed by atoms with Crippen molar-refractivity contribution in [3.63, 3.8) is 0 Å². The summed E-state index contributed by atoms with van der Waals surface area (Å²) in [6.07, 6.45) is 3.27. The van der Waals surface area contributed by atoms with Crippen LogP contribution >= 0.6 is 0 Å². The Hall–Kier alpha value is -2.22. The second-order valence-corrected chi connectivity index (χ2v) is 6.48. The van der Waals surface area contributed by atoms with Crippen LogP contribution in [-0.4, -0.2) is 4.98 Å². The van der Waals surface area contributed by atoms with Gasteiger partial charge in [0.15, 0.2) is 5.52 Å². The highest BCUT2D eigenvalue weighted by molar-refractivity contribution is 5.79. The van der Waals surface area contributed by atoms with E-state index < -0.39 is 0 Å². The molecule has 3 aromatic rings. The van der Waals surface area contributed by atoms with Gasteiger partial charge >= 0.3 is 5.82 Å². The predicted molar refractivity (Wildman–Crippen MR) is 91.6 cm³/mol. The smallest absolute Gasteiger partial charge is 0.232 e. The first kappa shape index (κ1) is 14.7. The van der Waals surface area contributed by atoms with Gasteiger partial charge in [-0.1, -0.05) is 38.1 Å². The van der Waals surface area contributed by atoms with Crippen LogP contribution in [0.4, 0.5) is 0 Å². The van der Waals surface area contributed by atoms with Crippen LogP contribution in [0.15, 0.2) is 48.7 Å². The maximum absolute atomic E-state index is 4.94. The maximum Gasteiger partial charge on any atom is 0.331 e. The van der Waals surface area contributed by atoms with Crippen LogP contribution in [0.2, 0.25) is 0 Å². The van der Waals surface area contributed by atoms with E-state index in [0.29, 0.717) is 5.92 Å². The molecular weight excluding hydrogens is 268 g/mol. The molecule has 0 aliphatic rings. The van der Waals surface area contributed by atoms with Crippen molar-refractivity contribution in [3.05, 3.63) is 59.8 Å². The molecule has 0 aliphatic carbocycles. The second-order valence-electron chi connectivity index (χ2n) is 6.48. The molecule has 2 nitrogen and oxygen atoms in total. The van der Waals surface area contributed by atoms with Gasteiger partial charge in [0.1, 0.15) is 6.20 Å². The average molecular weight is 291 g/mol. The van der Waals surface area contributed by atoms with E-state index >= 15 is 0 Å². The van der Waals surface area contributed by atoms with Crippen molar-refractivity contribution in [2.24, 2.45) is 13.0 Å². The monoisotopic (exact) mass is 291 g/mol. The Balaban J connectivity index is 2.15. The zero-order valence-corrected chi connectivity index (χ0v) is 13.8. The maximum atomic E-state index is 4.94. The normalized spacial score (nSPS) is 11.3. The van der Waals surface area contributed by atoms with E-state index in [2.05, 4.69) is 81.0 Å². The highest BCUT2D eigenvalue weighted by Gasteiger charge is 2.17. The fourth-order valence-corrected chi connectivity index (χ4v) is 2.93. The quantitative estimate of drug-likeness (QED) is 0.660. The average Bonchev–Trinajstić information content (AvgIpc) is 2.47. The number of fused-ring (bicyclic) bond motifs is 1.